The van der Waals surface area contributed by atoms with Gasteiger partial charge in [0.1, 0.15) is 0 Å². The zero-order valence-corrected chi connectivity index (χ0v) is 9.98. The minimum Gasteiger partial charge on any atom is -0.335 e. The summed E-state index contributed by atoms with van der Waals surface area (Å²) in [4.78, 5) is 14.5. The fourth-order valence-electron chi connectivity index (χ4n) is 2.91. The third kappa shape index (κ3) is 1.95. The normalized spacial score (nSPS) is 21.4. The molecule has 0 bridgehead atoms. The highest BCUT2D eigenvalue weighted by atomic mass is 16.2. The van der Waals surface area contributed by atoms with Crippen LogP contribution < -0.4 is 5.32 Å². The van der Waals surface area contributed by atoms with Crippen LogP contribution in [-0.2, 0) is 6.42 Å². The molecule has 2 aliphatic rings. The van der Waals surface area contributed by atoms with Crippen LogP contribution in [0.25, 0.3) is 0 Å². The zero-order valence-electron chi connectivity index (χ0n) is 9.98. The van der Waals surface area contributed by atoms with Crippen LogP contribution in [0.15, 0.2) is 24.3 Å². The van der Waals surface area contributed by atoms with Crippen molar-refractivity contribution in [1.29, 1.82) is 0 Å². The van der Waals surface area contributed by atoms with Gasteiger partial charge in [0.05, 0.1) is 0 Å². The zero-order chi connectivity index (χ0) is 11.7. The van der Waals surface area contributed by atoms with Crippen LogP contribution in [0.1, 0.15) is 28.8 Å². The molecule has 1 aromatic carbocycles. The number of hydrogen-bond donors (Lipinski definition) is 1. The number of benzene rings is 1. The van der Waals surface area contributed by atoms with Gasteiger partial charge in [-0.05, 0) is 44.0 Å². The predicted octanol–water partition coefficient (Wildman–Crippen LogP) is 1.44. The first-order chi connectivity index (χ1) is 8.36. The number of piperidine rings is 1. The van der Waals surface area contributed by atoms with E-state index in [1.807, 2.05) is 18.2 Å². The Morgan fingerprint density at radius 1 is 1.18 bits per heavy atom. The summed E-state index contributed by atoms with van der Waals surface area (Å²) < 4.78 is 0. The summed E-state index contributed by atoms with van der Waals surface area (Å²) in [5.74, 6) is 0.235. The van der Waals surface area contributed by atoms with Crippen molar-refractivity contribution in [1.82, 2.24) is 10.2 Å². The minimum absolute atomic E-state index is 0.235. The van der Waals surface area contributed by atoms with E-state index in [0.29, 0.717) is 6.04 Å². The standard InChI is InChI=1S/C14H18N2O/c17-14-13-4-2-1-3-11(13)7-10-16(14)12-5-8-15-9-6-12/h1-4,12,15H,5-10H2. The van der Waals surface area contributed by atoms with Crippen LogP contribution in [0.4, 0.5) is 0 Å². The summed E-state index contributed by atoms with van der Waals surface area (Å²) >= 11 is 0. The molecule has 1 aromatic rings. The number of nitrogens with zero attached hydrogens (tertiary/aromatic N) is 1. The third-order valence-corrected chi connectivity index (χ3v) is 3.88. The summed E-state index contributed by atoms with van der Waals surface area (Å²) in [6, 6.07) is 8.46. The van der Waals surface area contributed by atoms with Gasteiger partial charge in [-0.2, -0.15) is 0 Å². The lowest BCUT2D eigenvalue weighted by Crippen LogP contribution is -2.48. The van der Waals surface area contributed by atoms with Crippen LogP contribution in [0, 0.1) is 0 Å². The molecular weight excluding hydrogens is 212 g/mol. The molecule has 3 rings (SSSR count). The molecule has 1 amide bonds. The van der Waals surface area contributed by atoms with Gasteiger partial charge >= 0.3 is 0 Å². The molecule has 3 heteroatoms. The molecule has 0 saturated carbocycles. The highest BCUT2D eigenvalue weighted by molar-refractivity contribution is 5.96. The average Bonchev–Trinajstić information content (AvgIpc) is 2.40. The van der Waals surface area contributed by atoms with Crippen molar-refractivity contribution in [3.63, 3.8) is 0 Å². The summed E-state index contributed by atoms with van der Waals surface area (Å²) in [5, 5.41) is 3.35. The summed E-state index contributed by atoms with van der Waals surface area (Å²) in [7, 11) is 0. The van der Waals surface area contributed by atoms with E-state index < -0.39 is 0 Å². The Hall–Kier alpha value is -1.35. The fraction of sp³-hybridized carbons (Fsp3) is 0.500. The fourth-order valence-corrected chi connectivity index (χ4v) is 2.91. The molecule has 2 aliphatic heterocycles. The molecule has 1 fully saturated rings. The van der Waals surface area contributed by atoms with Gasteiger partial charge in [-0.1, -0.05) is 18.2 Å². The van der Waals surface area contributed by atoms with Crippen molar-refractivity contribution in [2.75, 3.05) is 19.6 Å². The van der Waals surface area contributed by atoms with E-state index in [4.69, 9.17) is 0 Å². The Kier molecular flexibility index (Phi) is 2.85. The molecule has 0 unspecified atom stereocenters. The van der Waals surface area contributed by atoms with Gasteiger partial charge in [0.25, 0.3) is 5.91 Å². The highest BCUT2D eigenvalue weighted by Gasteiger charge is 2.30. The Bertz CT molecular complexity index is 424. The highest BCUT2D eigenvalue weighted by Crippen LogP contribution is 2.23. The lowest BCUT2D eigenvalue weighted by Gasteiger charge is -2.37. The van der Waals surface area contributed by atoms with E-state index in [-0.39, 0.29) is 5.91 Å². The lowest BCUT2D eigenvalue weighted by atomic mass is 9.95. The number of fused-ring (bicyclic) bond motifs is 1. The van der Waals surface area contributed by atoms with Crippen LogP contribution >= 0.6 is 0 Å². The van der Waals surface area contributed by atoms with Crippen molar-refractivity contribution in [2.24, 2.45) is 0 Å². The Morgan fingerprint density at radius 3 is 2.76 bits per heavy atom. The number of hydrogen-bond acceptors (Lipinski definition) is 2. The molecule has 90 valence electrons. The van der Waals surface area contributed by atoms with Gasteiger partial charge in [-0.3, -0.25) is 4.79 Å². The van der Waals surface area contributed by atoms with Gasteiger partial charge in [-0.15, -0.1) is 0 Å². The summed E-state index contributed by atoms with van der Waals surface area (Å²) in [5.41, 5.74) is 2.12. The van der Waals surface area contributed by atoms with Gasteiger partial charge in [0.15, 0.2) is 0 Å². The minimum atomic E-state index is 0.235. The first-order valence-electron chi connectivity index (χ1n) is 6.46. The maximum absolute atomic E-state index is 12.4. The SMILES string of the molecule is O=C1c2ccccc2CCN1C1CCNCC1. The van der Waals surface area contributed by atoms with Gasteiger partial charge in [0.2, 0.25) is 0 Å². The van der Waals surface area contributed by atoms with Crippen molar-refractivity contribution in [3.05, 3.63) is 35.4 Å². The molecule has 3 nitrogen and oxygen atoms in total. The van der Waals surface area contributed by atoms with Crippen LogP contribution in [0.5, 0.6) is 0 Å². The maximum Gasteiger partial charge on any atom is 0.254 e. The van der Waals surface area contributed by atoms with Gasteiger partial charge in [0, 0.05) is 18.2 Å². The quantitative estimate of drug-likeness (QED) is 0.791. The number of nitrogens with one attached hydrogen (secondary N) is 1. The molecule has 0 radical (unpaired) electrons. The first-order valence-corrected chi connectivity index (χ1v) is 6.46. The number of carbonyl (C=O) groups excluding carboxylic acids is 1. The van der Waals surface area contributed by atoms with Crippen LogP contribution in [-0.4, -0.2) is 36.5 Å². The molecule has 0 aliphatic carbocycles. The van der Waals surface area contributed by atoms with Crippen molar-refractivity contribution < 1.29 is 4.79 Å². The van der Waals surface area contributed by atoms with E-state index in [0.717, 1.165) is 44.5 Å². The van der Waals surface area contributed by atoms with E-state index in [9.17, 15) is 4.79 Å². The monoisotopic (exact) mass is 230 g/mol. The van der Waals surface area contributed by atoms with E-state index in [2.05, 4.69) is 16.3 Å². The molecule has 17 heavy (non-hydrogen) atoms. The predicted molar refractivity (Wildman–Crippen MR) is 67.1 cm³/mol. The largest absolute Gasteiger partial charge is 0.335 e. The van der Waals surface area contributed by atoms with Gasteiger partial charge < -0.3 is 10.2 Å². The average molecular weight is 230 g/mol. The Morgan fingerprint density at radius 2 is 1.94 bits per heavy atom. The summed E-state index contributed by atoms with van der Waals surface area (Å²) in [6.45, 7) is 2.96. The third-order valence-electron chi connectivity index (χ3n) is 3.88. The molecule has 0 spiro atoms. The molecule has 1 saturated heterocycles. The number of rotatable bonds is 1. The second-order valence-electron chi connectivity index (χ2n) is 4.89. The molecular formula is C14H18N2O. The maximum atomic E-state index is 12.4. The summed E-state index contributed by atoms with van der Waals surface area (Å²) in [6.07, 6.45) is 3.19. The lowest BCUT2D eigenvalue weighted by molar-refractivity contribution is 0.0623. The number of carbonyl (C=O) groups is 1. The Balaban J connectivity index is 1.83. The van der Waals surface area contributed by atoms with Gasteiger partial charge in [-0.25, -0.2) is 0 Å². The van der Waals surface area contributed by atoms with Crippen molar-refractivity contribution in [3.8, 4) is 0 Å². The second-order valence-corrected chi connectivity index (χ2v) is 4.89. The van der Waals surface area contributed by atoms with E-state index in [1.165, 1.54) is 5.56 Å². The number of amides is 1. The smallest absolute Gasteiger partial charge is 0.254 e. The molecule has 2 heterocycles. The van der Waals surface area contributed by atoms with Crippen molar-refractivity contribution in [2.45, 2.75) is 25.3 Å². The topological polar surface area (TPSA) is 32.3 Å². The van der Waals surface area contributed by atoms with E-state index >= 15 is 0 Å². The van der Waals surface area contributed by atoms with Crippen molar-refractivity contribution >= 4 is 5.91 Å². The Labute approximate surface area is 102 Å². The molecule has 0 aromatic heterocycles. The molecule has 1 N–H and O–H groups in total. The van der Waals surface area contributed by atoms with Crippen LogP contribution in [0.2, 0.25) is 0 Å². The van der Waals surface area contributed by atoms with E-state index in [1.54, 1.807) is 0 Å². The van der Waals surface area contributed by atoms with Crippen LogP contribution in [0.3, 0.4) is 0 Å². The second kappa shape index (κ2) is 4.49. The first kappa shape index (κ1) is 10.8. The molecule has 0 atom stereocenters.